The normalized spacial score (nSPS) is 27.2. The highest BCUT2D eigenvalue weighted by molar-refractivity contribution is 8.14. The lowest BCUT2D eigenvalue weighted by molar-refractivity contribution is -0.237. The summed E-state index contributed by atoms with van der Waals surface area (Å²) in [7, 11) is 0. The molecule has 27 heavy (non-hydrogen) atoms. The second-order valence-electron chi connectivity index (χ2n) is 5.68. The molecule has 0 unspecified atom stereocenters. The Kier molecular flexibility index (Phi) is 8.70. The molecule has 10 nitrogen and oxygen atoms in total. The summed E-state index contributed by atoms with van der Waals surface area (Å²) in [6, 6.07) is 0. The standard InChI is InChI=1S/C16H22O10S/c1-7(17)22-6-12-13(23-8(2)18)14(24-9(3)19)15(25-10(4)20)16(26-12)27-11(5)21/h12-16H,6H2,1-5H3/t12-,13-,14+,15-,16+/m1/s1. The SMILES string of the molecule is CC(=O)OC[C@H]1O[C@@H](SC(C)=O)[C@H](OC(C)=O)[C@@H](OC(C)=O)[C@@H]1OC(C)=O. The number of hydrogen-bond donors (Lipinski definition) is 0. The summed E-state index contributed by atoms with van der Waals surface area (Å²) in [5, 5.41) is -0.351. The Morgan fingerprint density at radius 1 is 0.741 bits per heavy atom. The minimum absolute atomic E-state index is 0.327. The van der Waals surface area contributed by atoms with Gasteiger partial charge in [-0.2, -0.15) is 0 Å². The molecule has 1 fully saturated rings. The van der Waals surface area contributed by atoms with Crippen LogP contribution in [0.4, 0.5) is 0 Å². The van der Waals surface area contributed by atoms with Gasteiger partial charge in [-0.15, -0.1) is 0 Å². The Labute approximate surface area is 160 Å². The summed E-state index contributed by atoms with van der Waals surface area (Å²) in [6.45, 7) is 5.51. The number of carbonyl (C=O) groups is 5. The Bertz CT molecular complexity index is 604. The summed E-state index contributed by atoms with van der Waals surface area (Å²) in [5.74, 6) is -2.76. The zero-order valence-corrected chi connectivity index (χ0v) is 16.4. The van der Waals surface area contributed by atoms with E-state index in [-0.39, 0.29) is 11.7 Å². The molecule has 0 aromatic rings. The van der Waals surface area contributed by atoms with Crippen molar-refractivity contribution in [1.82, 2.24) is 0 Å². The lowest BCUT2D eigenvalue weighted by atomic mass is 9.99. The molecule has 1 heterocycles. The summed E-state index contributed by atoms with van der Waals surface area (Å²) >= 11 is 0.705. The van der Waals surface area contributed by atoms with E-state index >= 15 is 0 Å². The van der Waals surface area contributed by atoms with Gasteiger partial charge in [-0.05, 0) is 0 Å². The Balaban J connectivity index is 3.29. The first-order valence-electron chi connectivity index (χ1n) is 7.99. The molecular weight excluding hydrogens is 384 g/mol. The van der Waals surface area contributed by atoms with Crippen molar-refractivity contribution >= 4 is 40.8 Å². The highest BCUT2D eigenvalue weighted by atomic mass is 32.2. The van der Waals surface area contributed by atoms with Crippen molar-refractivity contribution < 1.29 is 47.7 Å². The smallest absolute Gasteiger partial charge is 0.303 e. The third-order valence-corrected chi connectivity index (χ3v) is 4.17. The second-order valence-corrected chi connectivity index (χ2v) is 6.95. The highest BCUT2D eigenvalue weighted by Crippen LogP contribution is 2.34. The van der Waals surface area contributed by atoms with Gasteiger partial charge < -0.3 is 23.7 Å². The Morgan fingerprint density at radius 3 is 1.67 bits per heavy atom. The van der Waals surface area contributed by atoms with Crippen LogP contribution in [0.5, 0.6) is 0 Å². The molecule has 0 aromatic heterocycles. The van der Waals surface area contributed by atoms with Gasteiger partial charge >= 0.3 is 23.9 Å². The van der Waals surface area contributed by atoms with Crippen LogP contribution in [0.25, 0.3) is 0 Å². The van der Waals surface area contributed by atoms with E-state index in [0.29, 0.717) is 11.8 Å². The monoisotopic (exact) mass is 406 g/mol. The third-order valence-electron chi connectivity index (χ3n) is 3.23. The number of rotatable bonds is 6. The Hall–Kier alpha value is -2.14. The van der Waals surface area contributed by atoms with Crippen LogP contribution in [0.3, 0.4) is 0 Å². The molecule has 152 valence electrons. The van der Waals surface area contributed by atoms with Gasteiger partial charge in [0, 0.05) is 34.6 Å². The second kappa shape index (κ2) is 10.3. The van der Waals surface area contributed by atoms with Gasteiger partial charge in [0.15, 0.2) is 28.9 Å². The fourth-order valence-electron chi connectivity index (χ4n) is 2.45. The van der Waals surface area contributed by atoms with Crippen molar-refractivity contribution in [1.29, 1.82) is 0 Å². The van der Waals surface area contributed by atoms with E-state index in [1.807, 2.05) is 0 Å². The molecule has 1 aliphatic heterocycles. The van der Waals surface area contributed by atoms with Crippen LogP contribution < -0.4 is 0 Å². The fraction of sp³-hybridized carbons (Fsp3) is 0.688. The maximum Gasteiger partial charge on any atom is 0.303 e. The molecule has 0 radical (unpaired) electrons. The van der Waals surface area contributed by atoms with Crippen LogP contribution in [-0.4, -0.2) is 65.5 Å². The summed E-state index contributed by atoms with van der Waals surface area (Å²) in [5.41, 5.74) is -1.07. The van der Waals surface area contributed by atoms with E-state index in [2.05, 4.69) is 0 Å². The van der Waals surface area contributed by atoms with Crippen molar-refractivity contribution in [3.63, 3.8) is 0 Å². The van der Waals surface area contributed by atoms with Gasteiger partial charge in [0.1, 0.15) is 12.7 Å². The molecule has 1 saturated heterocycles. The van der Waals surface area contributed by atoms with Gasteiger partial charge in [-0.1, -0.05) is 11.8 Å². The molecule has 1 rings (SSSR count). The van der Waals surface area contributed by atoms with E-state index in [9.17, 15) is 24.0 Å². The lowest BCUT2D eigenvalue weighted by Crippen LogP contribution is -2.61. The van der Waals surface area contributed by atoms with E-state index in [4.69, 9.17) is 23.7 Å². The quantitative estimate of drug-likeness (QED) is 0.447. The zero-order chi connectivity index (χ0) is 20.7. The number of carbonyl (C=O) groups excluding carboxylic acids is 5. The van der Waals surface area contributed by atoms with Crippen LogP contribution in [0.15, 0.2) is 0 Å². The molecule has 0 bridgehead atoms. The van der Waals surface area contributed by atoms with Crippen molar-refractivity contribution in [3.8, 4) is 0 Å². The topological polar surface area (TPSA) is 132 Å². The molecule has 0 aromatic carbocycles. The molecule has 5 atom stereocenters. The van der Waals surface area contributed by atoms with Crippen LogP contribution >= 0.6 is 11.8 Å². The molecule has 0 amide bonds. The van der Waals surface area contributed by atoms with Gasteiger partial charge in [0.2, 0.25) is 0 Å². The minimum Gasteiger partial charge on any atom is -0.463 e. The number of hydrogen-bond acceptors (Lipinski definition) is 11. The largest absolute Gasteiger partial charge is 0.463 e. The number of ether oxygens (including phenoxy) is 5. The maximum atomic E-state index is 11.6. The highest BCUT2D eigenvalue weighted by Gasteiger charge is 2.52. The molecule has 11 heteroatoms. The molecule has 0 spiro atoms. The predicted octanol–water partition coefficient (Wildman–Crippen LogP) is 0.349. The number of thioether (sulfide) groups is 1. The minimum atomic E-state index is -1.26. The summed E-state index contributed by atoms with van der Waals surface area (Å²) < 4.78 is 26.2. The summed E-state index contributed by atoms with van der Waals surface area (Å²) in [6.07, 6.45) is -4.76. The van der Waals surface area contributed by atoms with Crippen LogP contribution in [0, 0.1) is 0 Å². The van der Waals surface area contributed by atoms with Gasteiger partial charge in [0.25, 0.3) is 0 Å². The molecule has 0 N–H and O–H groups in total. The number of esters is 4. The lowest BCUT2D eigenvalue weighted by Gasteiger charge is -2.43. The molecule has 0 saturated carbocycles. The van der Waals surface area contributed by atoms with E-state index in [1.54, 1.807) is 0 Å². The maximum absolute atomic E-state index is 11.6. The van der Waals surface area contributed by atoms with Crippen LogP contribution in [0.2, 0.25) is 0 Å². The van der Waals surface area contributed by atoms with Gasteiger partial charge in [-0.25, -0.2) is 0 Å². The third kappa shape index (κ3) is 7.55. The first-order chi connectivity index (χ1) is 12.5. The molecule has 0 aliphatic carbocycles. The van der Waals surface area contributed by atoms with Crippen molar-refractivity contribution in [2.75, 3.05) is 6.61 Å². The van der Waals surface area contributed by atoms with Crippen LogP contribution in [-0.2, 0) is 47.7 Å². The van der Waals surface area contributed by atoms with E-state index in [0.717, 1.165) is 20.8 Å². The zero-order valence-electron chi connectivity index (χ0n) is 15.6. The van der Waals surface area contributed by atoms with Crippen molar-refractivity contribution in [2.45, 2.75) is 64.5 Å². The van der Waals surface area contributed by atoms with E-state index in [1.165, 1.54) is 13.8 Å². The predicted molar refractivity (Wildman–Crippen MR) is 90.2 cm³/mol. The summed E-state index contributed by atoms with van der Waals surface area (Å²) in [4.78, 5) is 57.3. The Morgan fingerprint density at radius 2 is 1.22 bits per heavy atom. The average Bonchev–Trinajstić information content (AvgIpc) is 2.49. The first-order valence-corrected chi connectivity index (χ1v) is 8.87. The molecule has 1 aliphatic rings. The van der Waals surface area contributed by atoms with Crippen LogP contribution in [0.1, 0.15) is 34.6 Å². The first kappa shape index (κ1) is 22.9. The fourth-order valence-corrected chi connectivity index (χ4v) is 3.32. The van der Waals surface area contributed by atoms with E-state index < -0.39 is 53.7 Å². The van der Waals surface area contributed by atoms with Gasteiger partial charge in [-0.3, -0.25) is 24.0 Å². The molecular formula is C16H22O10S. The average molecular weight is 406 g/mol. The van der Waals surface area contributed by atoms with Crippen molar-refractivity contribution in [2.24, 2.45) is 0 Å². The van der Waals surface area contributed by atoms with Gasteiger partial charge in [0.05, 0.1) is 0 Å². The van der Waals surface area contributed by atoms with Crippen molar-refractivity contribution in [3.05, 3.63) is 0 Å².